The molecule has 0 amide bonds. The summed E-state index contributed by atoms with van der Waals surface area (Å²) in [6, 6.07) is 6.68. The fourth-order valence-electron chi connectivity index (χ4n) is 1.50. The molecule has 15 heavy (non-hydrogen) atoms. The molecule has 0 fully saturated rings. The van der Waals surface area contributed by atoms with Crippen molar-refractivity contribution >= 4 is 11.8 Å². The monoisotopic (exact) mass is 224 g/mol. The van der Waals surface area contributed by atoms with Gasteiger partial charge in [-0.15, -0.1) is 11.8 Å². The first-order valence-corrected chi connectivity index (χ1v) is 6.62. The lowest BCUT2D eigenvalue weighted by molar-refractivity contribution is 0.531. The van der Waals surface area contributed by atoms with Gasteiger partial charge in [-0.1, -0.05) is 26.3 Å². The Morgan fingerprint density at radius 2 is 2.27 bits per heavy atom. The highest BCUT2D eigenvalue weighted by atomic mass is 32.2. The summed E-state index contributed by atoms with van der Waals surface area (Å²) in [6.45, 7) is 5.44. The second-order valence-corrected chi connectivity index (χ2v) is 4.56. The number of hydrogen-bond acceptors (Lipinski definition) is 3. The van der Waals surface area contributed by atoms with Gasteiger partial charge in [0, 0.05) is 18.0 Å². The average molecular weight is 224 g/mol. The van der Waals surface area contributed by atoms with Gasteiger partial charge in [-0.3, -0.25) is 0 Å². The molecule has 3 heteroatoms. The molecule has 0 bridgehead atoms. The predicted octanol–water partition coefficient (Wildman–Crippen LogP) is 2.95. The average Bonchev–Trinajstić information content (AvgIpc) is 2.28. The van der Waals surface area contributed by atoms with Gasteiger partial charge in [0.2, 0.25) is 0 Å². The van der Waals surface area contributed by atoms with E-state index in [1.54, 1.807) is 0 Å². The Hall–Kier alpha value is -0.540. The number of rotatable bonds is 7. The summed E-state index contributed by atoms with van der Waals surface area (Å²) in [7, 11) is 0. The van der Waals surface area contributed by atoms with Gasteiger partial charge in [0.05, 0.1) is 5.03 Å². The summed E-state index contributed by atoms with van der Waals surface area (Å²) in [5.74, 6) is 1.11. The van der Waals surface area contributed by atoms with Crippen molar-refractivity contribution in [2.24, 2.45) is 0 Å². The molecule has 1 atom stereocenters. The summed E-state index contributed by atoms with van der Waals surface area (Å²) in [6.07, 6.45) is 4.33. The fourth-order valence-corrected chi connectivity index (χ4v) is 2.47. The third-order valence-electron chi connectivity index (χ3n) is 2.20. The molecular formula is C12H20N2S. The third kappa shape index (κ3) is 5.19. The Labute approximate surface area is 96.9 Å². The van der Waals surface area contributed by atoms with Crippen molar-refractivity contribution in [3.05, 3.63) is 24.4 Å². The molecule has 0 aliphatic heterocycles. The van der Waals surface area contributed by atoms with E-state index in [4.69, 9.17) is 0 Å². The fraction of sp³-hybridized carbons (Fsp3) is 0.583. The van der Waals surface area contributed by atoms with Gasteiger partial charge < -0.3 is 5.32 Å². The normalized spacial score (nSPS) is 12.7. The lowest BCUT2D eigenvalue weighted by Gasteiger charge is -2.15. The van der Waals surface area contributed by atoms with E-state index in [1.807, 2.05) is 30.1 Å². The van der Waals surface area contributed by atoms with Gasteiger partial charge in [0.25, 0.3) is 0 Å². The van der Waals surface area contributed by atoms with Crippen LogP contribution in [0.1, 0.15) is 26.7 Å². The molecule has 0 saturated carbocycles. The highest BCUT2D eigenvalue weighted by Crippen LogP contribution is 2.16. The maximum Gasteiger partial charge on any atom is 0.0960 e. The molecule has 1 heterocycles. The lowest BCUT2D eigenvalue weighted by Crippen LogP contribution is -2.30. The van der Waals surface area contributed by atoms with E-state index in [-0.39, 0.29) is 0 Å². The summed E-state index contributed by atoms with van der Waals surface area (Å²) in [4.78, 5) is 4.31. The van der Waals surface area contributed by atoms with Gasteiger partial charge in [0.15, 0.2) is 0 Å². The van der Waals surface area contributed by atoms with Crippen molar-refractivity contribution in [3.63, 3.8) is 0 Å². The van der Waals surface area contributed by atoms with E-state index in [1.165, 1.54) is 12.8 Å². The maximum absolute atomic E-state index is 4.31. The topological polar surface area (TPSA) is 24.9 Å². The Bertz CT molecular complexity index is 245. The van der Waals surface area contributed by atoms with Crippen molar-refractivity contribution in [2.75, 3.05) is 12.3 Å². The number of pyridine rings is 1. The van der Waals surface area contributed by atoms with E-state index in [0.29, 0.717) is 6.04 Å². The van der Waals surface area contributed by atoms with Crippen LogP contribution in [0.5, 0.6) is 0 Å². The minimum absolute atomic E-state index is 0.618. The van der Waals surface area contributed by atoms with Crippen LogP contribution in [0.2, 0.25) is 0 Å². The molecule has 0 aromatic carbocycles. The zero-order valence-electron chi connectivity index (χ0n) is 9.57. The van der Waals surface area contributed by atoms with Crippen molar-refractivity contribution < 1.29 is 0 Å². The van der Waals surface area contributed by atoms with Crippen LogP contribution in [-0.2, 0) is 0 Å². The molecule has 0 aliphatic carbocycles. The predicted molar refractivity (Wildman–Crippen MR) is 67.3 cm³/mol. The summed E-state index contributed by atoms with van der Waals surface area (Å²) in [5.41, 5.74) is 0. The van der Waals surface area contributed by atoms with Crippen LogP contribution < -0.4 is 5.32 Å². The Kier molecular flexibility index (Phi) is 6.44. The number of nitrogens with zero attached hydrogens (tertiary/aromatic N) is 1. The Morgan fingerprint density at radius 1 is 1.40 bits per heavy atom. The Morgan fingerprint density at radius 3 is 2.87 bits per heavy atom. The molecule has 1 N–H and O–H groups in total. The van der Waals surface area contributed by atoms with Crippen molar-refractivity contribution in [3.8, 4) is 0 Å². The van der Waals surface area contributed by atoms with Crippen LogP contribution in [0, 0.1) is 0 Å². The smallest absolute Gasteiger partial charge is 0.0960 e. The molecule has 1 rings (SSSR count). The van der Waals surface area contributed by atoms with Gasteiger partial charge in [0.1, 0.15) is 0 Å². The maximum atomic E-state index is 4.31. The molecule has 0 saturated heterocycles. The lowest BCUT2D eigenvalue weighted by atomic mass is 10.2. The van der Waals surface area contributed by atoms with Gasteiger partial charge in [-0.2, -0.15) is 0 Å². The first-order chi connectivity index (χ1) is 7.36. The number of thioether (sulfide) groups is 1. The van der Waals surface area contributed by atoms with E-state index in [9.17, 15) is 0 Å². The van der Waals surface area contributed by atoms with Crippen LogP contribution in [0.4, 0.5) is 0 Å². The minimum Gasteiger partial charge on any atom is -0.313 e. The standard InChI is InChI=1S/C12H20N2S/c1-3-7-11(13-4-2)10-15-12-8-5-6-9-14-12/h5-6,8-9,11,13H,3-4,7,10H2,1-2H3. The molecule has 0 spiro atoms. The van der Waals surface area contributed by atoms with Crippen LogP contribution >= 0.6 is 11.8 Å². The van der Waals surface area contributed by atoms with E-state index < -0.39 is 0 Å². The highest BCUT2D eigenvalue weighted by Gasteiger charge is 2.06. The molecule has 1 unspecified atom stereocenters. The SMILES string of the molecule is CCCC(CSc1ccccn1)NCC. The van der Waals surface area contributed by atoms with Gasteiger partial charge in [-0.05, 0) is 25.1 Å². The molecule has 0 aliphatic rings. The van der Waals surface area contributed by atoms with Crippen LogP contribution in [0.15, 0.2) is 29.4 Å². The molecule has 2 nitrogen and oxygen atoms in total. The van der Waals surface area contributed by atoms with Crippen LogP contribution in [0.3, 0.4) is 0 Å². The van der Waals surface area contributed by atoms with Crippen LogP contribution in [0.25, 0.3) is 0 Å². The quantitative estimate of drug-likeness (QED) is 0.721. The summed E-state index contributed by atoms with van der Waals surface area (Å²) < 4.78 is 0. The molecule has 1 aromatic rings. The largest absolute Gasteiger partial charge is 0.313 e. The number of nitrogens with one attached hydrogen (secondary N) is 1. The zero-order valence-corrected chi connectivity index (χ0v) is 10.4. The first kappa shape index (κ1) is 12.5. The zero-order chi connectivity index (χ0) is 10.9. The van der Waals surface area contributed by atoms with E-state index in [0.717, 1.165) is 17.3 Å². The Balaban J connectivity index is 2.33. The number of hydrogen-bond donors (Lipinski definition) is 1. The highest BCUT2D eigenvalue weighted by molar-refractivity contribution is 7.99. The van der Waals surface area contributed by atoms with E-state index in [2.05, 4.69) is 30.2 Å². The third-order valence-corrected chi connectivity index (χ3v) is 3.31. The van der Waals surface area contributed by atoms with Crippen molar-refractivity contribution in [2.45, 2.75) is 37.8 Å². The molecule has 0 radical (unpaired) electrons. The van der Waals surface area contributed by atoms with E-state index >= 15 is 0 Å². The molecule has 84 valence electrons. The van der Waals surface area contributed by atoms with Crippen molar-refractivity contribution in [1.82, 2.24) is 10.3 Å². The first-order valence-electron chi connectivity index (χ1n) is 5.64. The second kappa shape index (κ2) is 7.71. The van der Waals surface area contributed by atoms with Crippen LogP contribution in [-0.4, -0.2) is 23.3 Å². The summed E-state index contributed by atoms with van der Waals surface area (Å²) >= 11 is 1.83. The summed E-state index contributed by atoms with van der Waals surface area (Å²) in [5, 5.41) is 4.63. The molecular weight excluding hydrogens is 204 g/mol. The minimum atomic E-state index is 0.618. The van der Waals surface area contributed by atoms with Crippen molar-refractivity contribution in [1.29, 1.82) is 0 Å². The van der Waals surface area contributed by atoms with Gasteiger partial charge in [-0.25, -0.2) is 4.98 Å². The molecule has 1 aromatic heterocycles. The van der Waals surface area contributed by atoms with Gasteiger partial charge >= 0.3 is 0 Å². The second-order valence-electron chi connectivity index (χ2n) is 3.52. The number of aromatic nitrogens is 1.